The molecule has 7 heteroatoms. The molecule has 0 radical (unpaired) electrons. The van der Waals surface area contributed by atoms with Crippen LogP contribution in [0.4, 0.5) is 0 Å². The van der Waals surface area contributed by atoms with E-state index in [0.717, 1.165) is 29.7 Å². The Hall–Kier alpha value is -1.96. The molecule has 2 aromatic rings. The molecular weight excluding hydrogens is 416 g/mol. The fourth-order valence-electron chi connectivity index (χ4n) is 4.44. The molecule has 0 N–H and O–H groups in total. The van der Waals surface area contributed by atoms with Crippen LogP contribution in [0.2, 0.25) is 0 Å². The molecule has 1 fully saturated rings. The third kappa shape index (κ3) is 4.38. The van der Waals surface area contributed by atoms with Gasteiger partial charge >= 0.3 is 0 Å². The lowest BCUT2D eigenvalue weighted by molar-refractivity contribution is -0.136. The van der Waals surface area contributed by atoms with Gasteiger partial charge in [0.05, 0.1) is 11.4 Å². The second kappa shape index (κ2) is 9.04. The van der Waals surface area contributed by atoms with Crippen LogP contribution in [0, 0.1) is 5.92 Å². The van der Waals surface area contributed by atoms with E-state index in [1.165, 1.54) is 5.56 Å². The number of piperidine rings is 1. The van der Waals surface area contributed by atoms with Crippen molar-refractivity contribution in [1.29, 1.82) is 0 Å². The topological polar surface area (TPSA) is 57.7 Å². The highest BCUT2D eigenvalue weighted by molar-refractivity contribution is 7.89. The molecule has 2 heterocycles. The first-order valence-electron chi connectivity index (χ1n) is 10.5. The van der Waals surface area contributed by atoms with E-state index >= 15 is 0 Å². The molecule has 1 aliphatic carbocycles. The SMILES string of the molecule is C=CCN(Cc1cccs1)C(=O)C1CCN(S(=O)(=O)c2ccc3c(c2)CCC3)CC1. The number of rotatable bonds is 7. The first kappa shape index (κ1) is 21.3. The minimum Gasteiger partial charge on any atom is -0.334 e. The highest BCUT2D eigenvalue weighted by atomic mass is 32.2. The molecule has 1 aromatic carbocycles. The minimum absolute atomic E-state index is 0.0953. The smallest absolute Gasteiger partial charge is 0.243 e. The number of carbonyl (C=O) groups is 1. The predicted octanol–water partition coefficient (Wildman–Crippen LogP) is 3.85. The van der Waals surface area contributed by atoms with Crippen molar-refractivity contribution in [1.82, 2.24) is 9.21 Å². The molecule has 5 nitrogen and oxygen atoms in total. The molecule has 1 saturated heterocycles. The van der Waals surface area contributed by atoms with Gasteiger partial charge in [-0.15, -0.1) is 17.9 Å². The predicted molar refractivity (Wildman–Crippen MR) is 120 cm³/mol. The number of hydrogen-bond donors (Lipinski definition) is 0. The lowest BCUT2D eigenvalue weighted by atomic mass is 9.96. The third-order valence-corrected chi connectivity index (χ3v) is 8.85. The van der Waals surface area contributed by atoms with Crippen molar-refractivity contribution in [2.24, 2.45) is 5.92 Å². The Balaban J connectivity index is 1.41. The monoisotopic (exact) mass is 444 g/mol. The Labute approximate surface area is 183 Å². The molecule has 2 aliphatic rings. The summed E-state index contributed by atoms with van der Waals surface area (Å²) in [5.74, 6) is -0.0470. The number of benzene rings is 1. The lowest BCUT2D eigenvalue weighted by Crippen LogP contribution is -2.44. The van der Waals surface area contributed by atoms with E-state index in [0.29, 0.717) is 43.9 Å². The Bertz CT molecular complexity index is 1010. The van der Waals surface area contributed by atoms with Gasteiger partial charge in [0.15, 0.2) is 0 Å². The molecule has 0 unspecified atom stereocenters. The molecule has 160 valence electrons. The number of carbonyl (C=O) groups excluding carboxylic acids is 1. The maximum atomic E-state index is 13.1. The van der Waals surface area contributed by atoms with E-state index in [4.69, 9.17) is 0 Å². The summed E-state index contributed by atoms with van der Waals surface area (Å²) in [5, 5.41) is 2.01. The van der Waals surface area contributed by atoms with Crippen molar-refractivity contribution in [3.05, 3.63) is 64.4 Å². The summed E-state index contributed by atoms with van der Waals surface area (Å²) in [5.41, 5.74) is 2.43. The molecule has 0 atom stereocenters. The zero-order valence-electron chi connectivity index (χ0n) is 17.1. The highest BCUT2D eigenvalue weighted by Crippen LogP contribution is 2.29. The van der Waals surface area contributed by atoms with Crippen molar-refractivity contribution in [2.45, 2.75) is 43.5 Å². The van der Waals surface area contributed by atoms with E-state index in [2.05, 4.69) is 6.58 Å². The van der Waals surface area contributed by atoms with Gasteiger partial charge in [-0.3, -0.25) is 4.79 Å². The summed E-state index contributed by atoms with van der Waals surface area (Å²) in [6, 6.07) is 9.56. The van der Waals surface area contributed by atoms with Crippen LogP contribution < -0.4 is 0 Å². The van der Waals surface area contributed by atoms with Crippen molar-refractivity contribution in [3.8, 4) is 0 Å². The molecule has 1 aliphatic heterocycles. The number of thiophene rings is 1. The summed E-state index contributed by atoms with van der Waals surface area (Å²) in [7, 11) is -3.51. The van der Waals surface area contributed by atoms with E-state index in [1.54, 1.807) is 27.8 Å². The zero-order valence-corrected chi connectivity index (χ0v) is 18.8. The van der Waals surface area contributed by atoms with Gasteiger partial charge in [0, 0.05) is 30.4 Å². The van der Waals surface area contributed by atoms with Gasteiger partial charge in [0.25, 0.3) is 0 Å². The van der Waals surface area contributed by atoms with E-state index in [1.807, 2.05) is 34.5 Å². The summed E-state index contributed by atoms with van der Waals surface area (Å²) < 4.78 is 27.8. The quantitative estimate of drug-likeness (QED) is 0.610. The van der Waals surface area contributed by atoms with Gasteiger partial charge in [0.2, 0.25) is 15.9 Å². The summed E-state index contributed by atoms with van der Waals surface area (Å²) in [6.45, 7) is 5.64. The maximum absolute atomic E-state index is 13.1. The molecule has 0 spiro atoms. The van der Waals surface area contributed by atoms with Gasteiger partial charge < -0.3 is 4.90 Å². The van der Waals surface area contributed by atoms with Crippen LogP contribution in [0.5, 0.6) is 0 Å². The van der Waals surface area contributed by atoms with Gasteiger partial charge in [-0.05, 0) is 66.8 Å². The van der Waals surface area contributed by atoms with Crippen LogP contribution in [-0.4, -0.2) is 43.2 Å². The molecule has 0 bridgehead atoms. The van der Waals surface area contributed by atoms with Gasteiger partial charge in [-0.2, -0.15) is 4.31 Å². The number of sulfonamides is 1. The molecule has 1 aromatic heterocycles. The van der Waals surface area contributed by atoms with Crippen molar-refractivity contribution < 1.29 is 13.2 Å². The minimum atomic E-state index is -3.51. The number of fused-ring (bicyclic) bond motifs is 1. The average molecular weight is 445 g/mol. The molecule has 0 saturated carbocycles. The maximum Gasteiger partial charge on any atom is 0.243 e. The second-order valence-corrected chi connectivity index (χ2v) is 11.0. The van der Waals surface area contributed by atoms with Crippen LogP contribution >= 0.6 is 11.3 Å². The lowest BCUT2D eigenvalue weighted by Gasteiger charge is -2.33. The number of nitrogens with zero attached hydrogens (tertiary/aromatic N) is 2. The number of hydrogen-bond acceptors (Lipinski definition) is 4. The normalized spacial score (nSPS) is 17.6. The average Bonchev–Trinajstić information content (AvgIpc) is 3.44. The number of aryl methyl sites for hydroxylation is 2. The van der Waals surface area contributed by atoms with Crippen LogP contribution in [0.15, 0.2) is 53.3 Å². The van der Waals surface area contributed by atoms with Crippen LogP contribution in [0.1, 0.15) is 35.3 Å². The Morgan fingerprint density at radius 1 is 1.20 bits per heavy atom. The third-order valence-electron chi connectivity index (χ3n) is 6.10. The first-order valence-corrected chi connectivity index (χ1v) is 12.8. The largest absolute Gasteiger partial charge is 0.334 e. The summed E-state index contributed by atoms with van der Waals surface area (Å²) in [6.07, 6.45) is 5.95. The standard InChI is InChI=1S/C23H28N2O3S2/c1-2-12-24(17-21-7-4-15-29-21)23(26)19-10-13-25(14-11-19)30(27,28)22-9-8-18-5-3-6-20(18)16-22/h2,4,7-9,15-16,19H,1,3,5-6,10-14,17H2. The van der Waals surface area contributed by atoms with Crippen molar-refractivity contribution in [3.63, 3.8) is 0 Å². The van der Waals surface area contributed by atoms with E-state index in [9.17, 15) is 13.2 Å². The second-order valence-electron chi connectivity index (χ2n) is 8.05. The van der Waals surface area contributed by atoms with Gasteiger partial charge in [0.1, 0.15) is 0 Å². The fourth-order valence-corrected chi connectivity index (χ4v) is 6.68. The van der Waals surface area contributed by atoms with E-state index in [-0.39, 0.29) is 11.8 Å². The molecule has 4 rings (SSSR count). The van der Waals surface area contributed by atoms with Crippen LogP contribution in [0.3, 0.4) is 0 Å². The fraction of sp³-hybridized carbons (Fsp3) is 0.435. The van der Waals surface area contributed by atoms with Crippen LogP contribution in [-0.2, 0) is 34.2 Å². The summed E-state index contributed by atoms with van der Waals surface area (Å²) in [4.78, 5) is 16.4. The Morgan fingerprint density at radius 2 is 1.97 bits per heavy atom. The number of amides is 1. The summed E-state index contributed by atoms with van der Waals surface area (Å²) >= 11 is 1.64. The van der Waals surface area contributed by atoms with Crippen molar-refractivity contribution in [2.75, 3.05) is 19.6 Å². The van der Waals surface area contributed by atoms with Gasteiger partial charge in [-0.1, -0.05) is 18.2 Å². The van der Waals surface area contributed by atoms with Crippen molar-refractivity contribution >= 4 is 27.3 Å². The first-order chi connectivity index (χ1) is 14.5. The highest BCUT2D eigenvalue weighted by Gasteiger charge is 2.34. The van der Waals surface area contributed by atoms with Crippen LogP contribution in [0.25, 0.3) is 0 Å². The Morgan fingerprint density at radius 3 is 2.67 bits per heavy atom. The molecular formula is C23H28N2O3S2. The molecule has 1 amide bonds. The molecule has 30 heavy (non-hydrogen) atoms. The van der Waals surface area contributed by atoms with E-state index < -0.39 is 10.0 Å². The Kier molecular flexibility index (Phi) is 6.41. The van der Waals surface area contributed by atoms with Gasteiger partial charge in [-0.25, -0.2) is 8.42 Å². The zero-order chi connectivity index (χ0) is 21.1.